The van der Waals surface area contributed by atoms with Crippen LogP contribution in [0.25, 0.3) is 0 Å². The van der Waals surface area contributed by atoms with Crippen LogP contribution in [0.3, 0.4) is 0 Å². The number of fused-ring (bicyclic) bond motifs is 1. The summed E-state index contributed by atoms with van der Waals surface area (Å²) in [7, 11) is 0. The predicted octanol–water partition coefficient (Wildman–Crippen LogP) is 2.58. The van der Waals surface area contributed by atoms with Crippen LogP contribution in [0.15, 0.2) is 12.1 Å². The van der Waals surface area contributed by atoms with Gasteiger partial charge in [0.15, 0.2) is 11.5 Å². The molecule has 3 rings (SSSR count). The molecule has 0 amide bonds. The average molecular weight is 334 g/mol. The normalized spacial score (nSPS) is 20.9. The Balaban J connectivity index is 0.00000161. The third kappa shape index (κ3) is 3.36. The molecule has 7 heteroatoms. The van der Waals surface area contributed by atoms with E-state index in [1.165, 1.54) is 0 Å². The summed E-state index contributed by atoms with van der Waals surface area (Å²) in [6.07, 6.45) is 1.61. The first-order valence-electron chi connectivity index (χ1n) is 6.70. The molecule has 0 aliphatic carbocycles. The zero-order chi connectivity index (χ0) is 14.1. The van der Waals surface area contributed by atoms with Crippen molar-refractivity contribution in [3.63, 3.8) is 0 Å². The van der Waals surface area contributed by atoms with Gasteiger partial charge in [0, 0.05) is 6.54 Å². The van der Waals surface area contributed by atoms with Gasteiger partial charge >= 0.3 is 5.97 Å². The van der Waals surface area contributed by atoms with Gasteiger partial charge < -0.3 is 14.6 Å². The summed E-state index contributed by atoms with van der Waals surface area (Å²) < 4.78 is 11.0. The molecular formula is C14H17Cl2NO4. The monoisotopic (exact) mass is 333 g/mol. The second-order valence-corrected chi connectivity index (χ2v) is 5.48. The summed E-state index contributed by atoms with van der Waals surface area (Å²) in [4.78, 5) is 13.2. The van der Waals surface area contributed by atoms with Crippen molar-refractivity contribution in [2.24, 2.45) is 0 Å². The van der Waals surface area contributed by atoms with E-state index >= 15 is 0 Å². The fourth-order valence-corrected chi connectivity index (χ4v) is 3.07. The van der Waals surface area contributed by atoms with E-state index in [0.717, 1.165) is 18.5 Å². The van der Waals surface area contributed by atoms with Gasteiger partial charge in [0.2, 0.25) is 0 Å². The lowest BCUT2D eigenvalue weighted by atomic mass is 10.1. The molecule has 0 aromatic heterocycles. The molecule has 1 aromatic carbocycles. The van der Waals surface area contributed by atoms with E-state index in [1.54, 1.807) is 0 Å². The van der Waals surface area contributed by atoms with Crippen LogP contribution >= 0.6 is 24.0 Å². The van der Waals surface area contributed by atoms with Gasteiger partial charge in [-0.15, -0.1) is 12.4 Å². The van der Waals surface area contributed by atoms with Crippen molar-refractivity contribution in [1.82, 2.24) is 4.90 Å². The van der Waals surface area contributed by atoms with Gasteiger partial charge in [0.25, 0.3) is 0 Å². The summed E-state index contributed by atoms with van der Waals surface area (Å²) in [5.41, 5.74) is 0.951. The number of hydrogen-bond donors (Lipinski definition) is 1. The molecule has 1 fully saturated rings. The quantitative estimate of drug-likeness (QED) is 0.921. The first kappa shape index (κ1) is 16.2. The number of carboxylic acid groups (broad SMARTS) is 1. The summed E-state index contributed by atoms with van der Waals surface area (Å²) in [6.45, 7) is 2.36. The topological polar surface area (TPSA) is 59.0 Å². The maximum Gasteiger partial charge on any atom is 0.320 e. The first-order valence-corrected chi connectivity index (χ1v) is 7.08. The molecule has 21 heavy (non-hydrogen) atoms. The zero-order valence-electron chi connectivity index (χ0n) is 11.4. The summed E-state index contributed by atoms with van der Waals surface area (Å²) in [5.74, 6) is 0.467. The van der Waals surface area contributed by atoms with Crippen molar-refractivity contribution in [1.29, 1.82) is 0 Å². The summed E-state index contributed by atoms with van der Waals surface area (Å²) >= 11 is 6.19. The Hall–Kier alpha value is -1.17. The predicted molar refractivity (Wildman–Crippen MR) is 80.8 cm³/mol. The van der Waals surface area contributed by atoms with Gasteiger partial charge in [0.05, 0.1) is 5.02 Å². The number of rotatable bonds is 3. The number of carbonyl (C=O) groups is 1. The Morgan fingerprint density at radius 2 is 2.14 bits per heavy atom. The average Bonchev–Trinajstić information content (AvgIpc) is 2.87. The number of aliphatic carboxylic acids is 1. The maximum absolute atomic E-state index is 11.2. The lowest BCUT2D eigenvalue weighted by molar-refractivity contribution is -0.142. The molecule has 0 radical (unpaired) electrons. The highest BCUT2D eigenvalue weighted by Gasteiger charge is 2.30. The Labute approximate surface area is 134 Å². The van der Waals surface area contributed by atoms with Gasteiger partial charge in [-0.25, -0.2) is 0 Å². The Kier molecular flexibility index (Phi) is 5.19. The fraction of sp³-hybridized carbons (Fsp3) is 0.500. The van der Waals surface area contributed by atoms with Crippen molar-refractivity contribution >= 4 is 30.0 Å². The third-order valence-electron chi connectivity index (χ3n) is 3.69. The van der Waals surface area contributed by atoms with Gasteiger partial charge in [-0.1, -0.05) is 11.6 Å². The molecule has 0 spiro atoms. The van der Waals surface area contributed by atoms with Crippen LogP contribution in [0.2, 0.25) is 5.02 Å². The highest BCUT2D eigenvalue weighted by Crippen LogP contribution is 2.38. The van der Waals surface area contributed by atoms with Gasteiger partial charge in [-0.3, -0.25) is 9.69 Å². The minimum Gasteiger partial charge on any atom is -0.486 e. The van der Waals surface area contributed by atoms with Crippen molar-refractivity contribution in [2.45, 2.75) is 25.4 Å². The lowest BCUT2D eigenvalue weighted by Gasteiger charge is -2.24. The van der Waals surface area contributed by atoms with E-state index in [4.69, 9.17) is 21.1 Å². The van der Waals surface area contributed by atoms with Crippen LogP contribution in [0, 0.1) is 0 Å². The molecule has 0 unspecified atom stereocenters. The molecule has 0 bridgehead atoms. The number of likely N-dealkylation sites (tertiary alicyclic amines) is 1. The number of hydrogen-bond acceptors (Lipinski definition) is 4. The van der Waals surface area contributed by atoms with Gasteiger partial charge in [-0.05, 0) is 37.1 Å². The third-order valence-corrected chi connectivity index (χ3v) is 3.97. The molecule has 1 saturated heterocycles. The van der Waals surface area contributed by atoms with Gasteiger partial charge in [-0.2, -0.15) is 0 Å². The van der Waals surface area contributed by atoms with E-state index in [2.05, 4.69) is 0 Å². The second kappa shape index (κ2) is 6.73. The molecule has 1 aromatic rings. The molecule has 2 heterocycles. The van der Waals surface area contributed by atoms with E-state index in [9.17, 15) is 9.90 Å². The van der Waals surface area contributed by atoms with Crippen LogP contribution in [-0.2, 0) is 11.3 Å². The lowest BCUT2D eigenvalue weighted by Crippen LogP contribution is -2.35. The van der Waals surface area contributed by atoms with Crippen LogP contribution in [0.1, 0.15) is 18.4 Å². The Morgan fingerprint density at radius 3 is 2.90 bits per heavy atom. The van der Waals surface area contributed by atoms with Crippen molar-refractivity contribution < 1.29 is 19.4 Å². The highest BCUT2D eigenvalue weighted by atomic mass is 35.5. The second-order valence-electron chi connectivity index (χ2n) is 5.07. The minimum absolute atomic E-state index is 0. The molecule has 5 nitrogen and oxygen atoms in total. The Bertz CT molecular complexity index is 538. The van der Waals surface area contributed by atoms with Crippen molar-refractivity contribution in [3.8, 4) is 11.5 Å². The smallest absolute Gasteiger partial charge is 0.320 e. The molecule has 2 aliphatic rings. The van der Waals surface area contributed by atoms with Crippen LogP contribution in [0.4, 0.5) is 0 Å². The fourth-order valence-electron chi connectivity index (χ4n) is 2.79. The number of benzene rings is 1. The van der Waals surface area contributed by atoms with Crippen molar-refractivity contribution in [2.75, 3.05) is 19.8 Å². The molecule has 1 atom stereocenters. The van der Waals surface area contributed by atoms with Crippen LogP contribution in [0.5, 0.6) is 11.5 Å². The molecule has 0 saturated carbocycles. The summed E-state index contributed by atoms with van der Waals surface area (Å²) in [5, 5.41) is 9.71. The standard InChI is InChI=1S/C14H16ClNO4.ClH/c15-10-6-9(7-12-13(10)20-5-4-19-12)8-16-3-1-2-11(16)14(17)18;/h6-7,11H,1-5,8H2,(H,17,18);1H/t11-;/m1./s1. The molecule has 2 aliphatic heterocycles. The summed E-state index contributed by atoms with van der Waals surface area (Å²) in [6, 6.07) is 3.31. The number of ether oxygens (including phenoxy) is 2. The number of nitrogens with zero attached hydrogens (tertiary/aromatic N) is 1. The zero-order valence-corrected chi connectivity index (χ0v) is 13.0. The highest BCUT2D eigenvalue weighted by molar-refractivity contribution is 6.32. The van der Waals surface area contributed by atoms with E-state index in [0.29, 0.717) is 42.7 Å². The molecule has 116 valence electrons. The maximum atomic E-state index is 11.2. The molecule has 1 N–H and O–H groups in total. The van der Waals surface area contributed by atoms with Crippen LogP contribution in [-0.4, -0.2) is 41.8 Å². The largest absolute Gasteiger partial charge is 0.486 e. The van der Waals surface area contributed by atoms with Crippen LogP contribution < -0.4 is 9.47 Å². The number of halogens is 2. The Morgan fingerprint density at radius 1 is 1.38 bits per heavy atom. The molecular weight excluding hydrogens is 317 g/mol. The van der Waals surface area contributed by atoms with Gasteiger partial charge in [0.1, 0.15) is 19.3 Å². The first-order chi connectivity index (χ1) is 9.65. The SMILES string of the molecule is Cl.O=C(O)[C@H]1CCCN1Cc1cc(Cl)c2c(c1)OCCO2. The minimum atomic E-state index is -0.758. The van der Waals surface area contributed by atoms with E-state index < -0.39 is 12.0 Å². The van der Waals surface area contributed by atoms with E-state index in [-0.39, 0.29) is 12.4 Å². The number of carboxylic acids is 1. The van der Waals surface area contributed by atoms with Crippen molar-refractivity contribution in [3.05, 3.63) is 22.7 Å². The van der Waals surface area contributed by atoms with E-state index in [1.807, 2.05) is 17.0 Å².